The summed E-state index contributed by atoms with van der Waals surface area (Å²) in [5, 5.41) is 16.9. The van der Waals surface area contributed by atoms with Gasteiger partial charge in [0.1, 0.15) is 11.8 Å². The summed E-state index contributed by atoms with van der Waals surface area (Å²) >= 11 is 0. The Morgan fingerprint density at radius 1 is 0.973 bits per heavy atom. The molecule has 1 saturated heterocycles. The molecule has 1 aliphatic rings. The standard InChI is InChI=1S/C27H25N5O5/c1-2-32-27(37)19-11-6-5-10-18(19)22(30-32)25(35)29-28-24(34)21-12-7-15-31(21)26(36)20-14-13-16-8-3-4-9-17(16)23(20)33/h3-6,8-11,13-14,21,33H,2,7,12,15H2,1H3,(H,28,34)(H,29,35). The number of nitrogens with zero attached hydrogens (tertiary/aromatic N) is 3. The summed E-state index contributed by atoms with van der Waals surface area (Å²) in [6, 6.07) is 16.3. The van der Waals surface area contributed by atoms with Gasteiger partial charge in [-0.2, -0.15) is 5.10 Å². The zero-order valence-corrected chi connectivity index (χ0v) is 20.1. The fraction of sp³-hybridized carbons (Fsp3) is 0.222. The fourth-order valence-corrected chi connectivity index (χ4v) is 4.74. The van der Waals surface area contributed by atoms with Gasteiger partial charge in [0.2, 0.25) is 0 Å². The molecule has 0 saturated carbocycles. The topological polar surface area (TPSA) is 134 Å². The number of rotatable bonds is 4. The van der Waals surface area contributed by atoms with Crippen molar-refractivity contribution in [3.63, 3.8) is 0 Å². The maximum Gasteiger partial charge on any atom is 0.290 e. The van der Waals surface area contributed by atoms with Crippen LogP contribution >= 0.6 is 0 Å². The fourth-order valence-electron chi connectivity index (χ4n) is 4.74. The summed E-state index contributed by atoms with van der Waals surface area (Å²) < 4.78 is 1.19. The van der Waals surface area contributed by atoms with Gasteiger partial charge in [-0.15, -0.1) is 0 Å². The number of nitrogens with one attached hydrogen (secondary N) is 2. The van der Waals surface area contributed by atoms with Crippen LogP contribution in [0, 0.1) is 0 Å². The summed E-state index contributed by atoms with van der Waals surface area (Å²) in [5.74, 6) is -1.84. The van der Waals surface area contributed by atoms with Crippen molar-refractivity contribution in [1.82, 2.24) is 25.5 Å². The second-order valence-electron chi connectivity index (χ2n) is 8.80. The monoisotopic (exact) mass is 499 g/mol. The highest BCUT2D eigenvalue weighted by Crippen LogP contribution is 2.31. The number of aromatic nitrogens is 2. The highest BCUT2D eigenvalue weighted by atomic mass is 16.3. The molecule has 1 unspecified atom stereocenters. The van der Waals surface area contributed by atoms with E-state index in [4.69, 9.17) is 0 Å². The van der Waals surface area contributed by atoms with Crippen molar-refractivity contribution in [3.8, 4) is 5.75 Å². The van der Waals surface area contributed by atoms with E-state index in [2.05, 4.69) is 16.0 Å². The van der Waals surface area contributed by atoms with E-state index in [1.54, 1.807) is 55.5 Å². The Labute approximate surface area is 211 Å². The highest BCUT2D eigenvalue weighted by molar-refractivity contribution is 6.07. The SMILES string of the molecule is CCn1nc(C(=O)NNC(=O)C2CCCN2C(=O)c2ccc3ccccc3c2O)c2ccccc2c1=O. The van der Waals surface area contributed by atoms with Gasteiger partial charge >= 0.3 is 0 Å². The van der Waals surface area contributed by atoms with Gasteiger partial charge in [0.05, 0.1) is 10.9 Å². The van der Waals surface area contributed by atoms with Gasteiger partial charge in [-0.05, 0) is 37.3 Å². The van der Waals surface area contributed by atoms with E-state index in [1.165, 1.54) is 9.58 Å². The molecule has 2 heterocycles. The number of likely N-dealkylation sites (tertiary alicyclic amines) is 1. The summed E-state index contributed by atoms with van der Waals surface area (Å²) in [7, 11) is 0. The molecular formula is C27H25N5O5. The van der Waals surface area contributed by atoms with Crippen LogP contribution < -0.4 is 16.4 Å². The molecule has 1 fully saturated rings. The number of hydrogen-bond acceptors (Lipinski definition) is 6. The predicted molar refractivity (Wildman–Crippen MR) is 137 cm³/mol. The molecule has 4 aromatic rings. The average Bonchev–Trinajstić information content (AvgIpc) is 3.42. The van der Waals surface area contributed by atoms with Crippen LogP contribution in [0.2, 0.25) is 0 Å². The minimum absolute atomic E-state index is 0.00205. The van der Waals surface area contributed by atoms with Crippen molar-refractivity contribution in [2.75, 3.05) is 6.54 Å². The molecule has 10 heteroatoms. The van der Waals surface area contributed by atoms with E-state index in [-0.39, 0.29) is 29.1 Å². The molecule has 0 radical (unpaired) electrons. The van der Waals surface area contributed by atoms with Crippen molar-refractivity contribution < 1.29 is 19.5 Å². The van der Waals surface area contributed by atoms with Crippen LogP contribution in [-0.2, 0) is 11.3 Å². The molecular weight excluding hydrogens is 474 g/mol. The lowest BCUT2D eigenvalue weighted by Crippen LogP contribution is -2.51. The summed E-state index contributed by atoms with van der Waals surface area (Å²) in [6.45, 7) is 2.35. The first kappa shape index (κ1) is 24.0. The summed E-state index contributed by atoms with van der Waals surface area (Å²) in [5.41, 5.74) is 4.57. The molecule has 37 heavy (non-hydrogen) atoms. The largest absolute Gasteiger partial charge is 0.506 e. The maximum absolute atomic E-state index is 13.3. The van der Waals surface area contributed by atoms with Gasteiger partial charge in [0, 0.05) is 23.9 Å². The second kappa shape index (κ2) is 9.73. The minimum Gasteiger partial charge on any atom is -0.506 e. The van der Waals surface area contributed by atoms with E-state index >= 15 is 0 Å². The number of benzene rings is 3. The zero-order valence-electron chi connectivity index (χ0n) is 20.1. The van der Waals surface area contributed by atoms with Crippen LogP contribution in [0.5, 0.6) is 5.75 Å². The Bertz CT molecular complexity index is 1610. The van der Waals surface area contributed by atoms with Crippen LogP contribution in [0.3, 0.4) is 0 Å². The number of phenols is 1. The quantitative estimate of drug-likeness (QED) is 0.369. The Hall–Kier alpha value is -4.73. The molecule has 0 aliphatic carbocycles. The van der Waals surface area contributed by atoms with Crippen LogP contribution in [0.4, 0.5) is 0 Å². The van der Waals surface area contributed by atoms with E-state index < -0.39 is 23.8 Å². The number of fused-ring (bicyclic) bond motifs is 2. The molecule has 0 bridgehead atoms. The maximum atomic E-state index is 13.3. The summed E-state index contributed by atoms with van der Waals surface area (Å²) in [4.78, 5) is 53.2. The normalized spacial score (nSPS) is 15.2. The molecule has 3 aromatic carbocycles. The van der Waals surface area contributed by atoms with Crippen LogP contribution in [0.15, 0.2) is 65.5 Å². The Morgan fingerprint density at radius 2 is 1.68 bits per heavy atom. The van der Waals surface area contributed by atoms with E-state index in [0.717, 1.165) is 5.39 Å². The number of amides is 3. The van der Waals surface area contributed by atoms with E-state index in [0.29, 0.717) is 35.5 Å². The first-order valence-corrected chi connectivity index (χ1v) is 12.0. The second-order valence-corrected chi connectivity index (χ2v) is 8.80. The van der Waals surface area contributed by atoms with Gasteiger partial charge in [-0.25, -0.2) is 4.68 Å². The highest BCUT2D eigenvalue weighted by Gasteiger charge is 2.36. The van der Waals surface area contributed by atoms with Crippen molar-refractivity contribution in [3.05, 3.63) is 82.3 Å². The molecule has 10 nitrogen and oxygen atoms in total. The first-order valence-electron chi connectivity index (χ1n) is 12.0. The number of phenolic OH excluding ortho intramolecular Hbond substituents is 1. The number of hydrogen-bond donors (Lipinski definition) is 3. The number of aryl methyl sites for hydroxylation is 1. The van der Waals surface area contributed by atoms with Crippen LogP contribution in [0.25, 0.3) is 21.5 Å². The van der Waals surface area contributed by atoms with E-state index in [1.807, 2.05) is 12.1 Å². The van der Waals surface area contributed by atoms with Gasteiger partial charge in [0.25, 0.3) is 23.3 Å². The molecule has 1 aromatic heterocycles. The van der Waals surface area contributed by atoms with Gasteiger partial charge in [-0.3, -0.25) is 30.0 Å². The number of aromatic hydroxyl groups is 1. The lowest BCUT2D eigenvalue weighted by molar-refractivity contribution is -0.125. The average molecular weight is 500 g/mol. The molecule has 5 rings (SSSR count). The Kier molecular flexibility index (Phi) is 6.31. The van der Waals surface area contributed by atoms with Crippen molar-refractivity contribution >= 4 is 39.3 Å². The molecule has 1 aliphatic heterocycles. The third kappa shape index (κ3) is 4.26. The number of carbonyl (C=O) groups excluding carboxylic acids is 3. The third-order valence-electron chi connectivity index (χ3n) is 6.63. The lowest BCUT2D eigenvalue weighted by Gasteiger charge is -2.24. The molecule has 3 amide bonds. The molecule has 3 N–H and O–H groups in total. The van der Waals surface area contributed by atoms with Gasteiger partial charge in [0.15, 0.2) is 5.69 Å². The lowest BCUT2D eigenvalue weighted by atomic mass is 10.0. The summed E-state index contributed by atoms with van der Waals surface area (Å²) in [6.07, 6.45) is 1.00. The van der Waals surface area contributed by atoms with Crippen molar-refractivity contribution in [2.45, 2.75) is 32.4 Å². The van der Waals surface area contributed by atoms with E-state index in [9.17, 15) is 24.3 Å². The first-order chi connectivity index (χ1) is 17.9. The molecule has 188 valence electrons. The predicted octanol–water partition coefficient (Wildman–Crippen LogP) is 2.34. The third-order valence-corrected chi connectivity index (χ3v) is 6.63. The van der Waals surface area contributed by atoms with Gasteiger partial charge in [-0.1, -0.05) is 48.5 Å². The number of hydrazine groups is 1. The van der Waals surface area contributed by atoms with Crippen molar-refractivity contribution in [1.29, 1.82) is 0 Å². The number of carbonyl (C=O) groups is 3. The molecule has 1 atom stereocenters. The molecule has 0 spiro atoms. The van der Waals surface area contributed by atoms with Crippen molar-refractivity contribution in [2.24, 2.45) is 0 Å². The minimum atomic E-state index is -0.826. The van der Waals surface area contributed by atoms with Gasteiger partial charge < -0.3 is 10.0 Å². The van der Waals surface area contributed by atoms with Crippen LogP contribution in [-0.4, -0.2) is 50.1 Å². The Balaban J connectivity index is 1.34. The zero-order chi connectivity index (χ0) is 26.1. The van der Waals surface area contributed by atoms with Crippen LogP contribution in [0.1, 0.15) is 40.6 Å². The smallest absolute Gasteiger partial charge is 0.290 e. The Morgan fingerprint density at radius 3 is 2.43 bits per heavy atom.